The normalized spacial score (nSPS) is 18.7. The minimum absolute atomic E-state index is 0.520. The highest BCUT2D eigenvalue weighted by atomic mass is 127. The molecular weight excluding hydrogens is 301 g/mol. The molecule has 0 amide bonds. The predicted molar refractivity (Wildman–Crippen MR) is 70.0 cm³/mol. The van der Waals surface area contributed by atoms with Crippen LogP contribution in [0.3, 0.4) is 0 Å². The van der Waals surface area contributed by atoms with Gasteiger partial charge in [-0.05, 0) is 35.4 Å². The first-order chi connectivity index (χ1) is 7.19. The van der Waals surface area contributed by atoms with Crippen LogP contribution >= 0.6 is 22.6 Å². The van der Waals surface area contributed by atoms with E-state index < -0.39 is 0 Å². The molecule has 1 aliphatic heterocycles. The number of hydrogen-bond acceptors (Lipinski definition) is 3. The molecule has 1 aliphatic rings. The van der Waals surface area contributed by atoms with E-state index in [4.69, 9.17) is 0 Å². The molecule has 0 radical (unpaired) electrons. The summed E-state index contributed by atoms with van der Waals surface area (Å²) in [5.74, 6) is 0.882. The molecule has 1 fully saturated rings. The Hall–Kier alpha value is -0.390. The van der Waals surface area contributed by atoms with Gasteiger partial charge in [-0.3, -0.25) is 0 Å². The van der Waals surface area contributed by atoms with Crippen LogP contribution in [-0.2, 0) is 0 Å². The molecule has 1 aromatic rings. The number of aromatic nitrogens is 2. The summed E-state index contributed by atoms with van der Waals surface area (Å²) in [4.78, 5) is 11.0. The standard InChI is InChI=1S/C11H16IN3/c1-3-11(4-2)7-15(8-11)10-13-5-9(12)6-14-10/h5-6H,3-4,7-8H2,1-2H3. The highest BCUT2D eigenvalue weighted by Crippen LogP contribution is 2.38. The van der Waals surface area contributed by atoms with Crippen LogP contribution in [0, 0.1) is 8.99 Å². The van der Waals surface area contributed by atoms with Crippen molar-refractivity contribution in [3.05, 3.63) is 16.0 Å². The van der Waals surface area contributed by atoms with Gasteiger partial charge in [0.2, 0.25) is 5.95 Å². The summed E-state index contributed by atoms with van der Waals surface area (Å²) in [5, 5.41) is 0. The first kappa shape index (κ1) is 11.1. The predicted octanol–water partition coefficient (Wildman–Crippen LogP) is 2.71. The van der Waals surface area contributed by atoms with E-state index in [0.717, 1.165) is 22.6 Å². The lowest BCUT2D eigenvalue weighted by Gasteiger charge is -2.49. The van der Waals surface area contributed by atoms with Crippen LogP contribution in [0.4, 0.5) is 5.95 Å². The molecule has 0 saturated carbocycles. The molecule has 1 saturated heterocycles. The lowest BCUT2D eigenvalue weighted by molar-refractivity contribution is 0.192. The Morgan fingerprint density at radius 2 is 1.80 bits per heavy atom. The molecule has 0 unspecified atom stereocenters. The van der Waals surface area contributed by atoms with Gasteiger partial charge in [0.15, 0.2) is 0 Å². The smallest absolute Gasteiger partial charge is 0.225 e. The Morgan fingerprint density at radius 3 is 2.27 bits per heavy atom. The summed E-state index contributed by atoms with van der Waals surface area (Å²) < 4.78 is 1.09. The first-order valence-electron chi connectivity index (χ1n) is 5.41. The second kappa shape index (κ2) is 4.23. The zero-order valence-corrected chi connectivity index (χ0v) is 11.4. The van der Waals surface area contributed by atoms with Crippen LogP contribution in [0.15, 0.2) is 12.4 Å². The third kappa shape index (κ3) is 2.09. The minimum atomic E-state index is 0.520. The van der Waals surface area contributed by atoms with E-state index in [9.17, 15) is 0 Å². The lowest BCUT2D eigenvalue weighted by Crippen LogP contribution is -2.56. The molecule has 15 heavy (non-hydrogen) atoms. The molecular formula is C11H16IN3. The Labute approximate surface area is 104 Å². The van der Waals surface area contributed by atoms with Crippen molar-refractivity contribution in [3.8, 4) is 0 Å². The van der Waals surface area contributed by atoms with Gasteiger partial charge in [0.25, 0.3) is 0 Å². The molecule has 0 aliphatic carbocycles. The molecule has 0 aromatic carbocycles. The molecule has 0 atom stereocenters. The fraction of sp³-hybridized carbons (Fsp3) is 0.636. The van der Waals surface area contributed by atoms with Crippen molar-refractivity contribution >= 4 is 28.5 Å². The fourth-order valence-electron chi connectivity index (χ4n) is 2.07. The molecule has 0 N–H and O–H groups in total. The van der Waals surface area contributed by atoms with Crippen LogP contribution in [0.1, 0.15) is 26.7 Å². The number of anilines is 1. The Morgan fingerprint density at radius 1 is 1.27 bits per heavy atom. The largest absolute Gasteiger partial charge is 0.340 e. The SMILES string of the molecule is CCC1(CC)CN(c2ncc(I)cn2)C1. The number of nitrogens with zero attached hydrogens (tertiary/aromatic N) is 3. The topological polar surface area (TPSA) is 29.0 Å². The maximum Gasteiger partial charge on any atom is 0.225 e. The van der Waals surface area contributed by atoms with E-state index in [1.54, 1.807) is 0 Å². The first-order valence-corrected chi connectivity index (χ1v) is 6.49. The average Bonchev–Trinajstić information content (AvgIpc) is 2.20. The number of halogens is 1. The Bertz CT molecular complexity index is 324. The molecule has 0 bridgehead atoms. The molecule has 2 heterocycles. The minimum Gasteiger partial charge on any atom is -0.340 e. The molecule has 0 spiro atoms. The van der Waals surface area contributed by atoms with Crippen molar-refractivity contribution in [2.45, 2.75) is 26.7 Å². The fourth-order valence-corrected chi connectivity index (χ4v) is 2.35. The van der Waals surface area contributed by atoms with E-state index >= 15 is 0 Å². The van der Waals surface area contributed by atoms with Crippen molar-refractivity contribution in [1.29, 1.82) is 0 Å². The highest BCUT2D eigenvalue weighted by molar-refractivity contribution is 14.1. The summed E-state index contributed by atoms with van der Waals surface area (Å²) in [7, 11) is 0. The van der Waals surface area contributed by atoms with E-state index in [-0.39, 0.29) is 0 Å². The van der Waals surface area contributed by atoms with Crippen LogP contribution in [-0.4, -0.2) is 23.1 Å². The van der Waals surface area contributed by atoms with Crippen LogP contribution < -0.4 is 4.90 Å². The van der Waals surface area contributed by atoms with Crippen molar-refractivity contribution in [2.24, 2.45) is 5.41 Å². The van der Waals surface area contributed by atoms with Gasteiger partial charge in [-0.15, -0.1) is 0 Å². The van der Waals surface area contributed by atoms with E-state index in [1.165, 1.54) is 12.8 Å². The molecule has 4 heteroatoms. The summed E-state index contributed by atoms with van der Waals surface area (Å²) in [6, 6.07) is 0. The maximum absolute atomic E-state index is 4.34. The summed E-state index contributed by atoms with van der Waals surface area (Å²) >= 11 is 2.23. The Kier molecular flexibility index (Phi) is 3.13. The van der Waals surface area contributed by atoms with Crippen molar-refractivity contribution in [1.82, 2.24) is 9.97 Å². The zero-order valence-electron chi connectivity index (χ0n) is 9.20. The average molecular weight is 317 g/mol. The van der Waals surface area contributed by atoms with Gasteiger partial charge >= 0.3 is 0 Å². The van der Waals surface area contributed by atoms with Gasteiger partial charge in [0, 0.05) is 34.5 Å². The number of hydrogen-bond donors (Lipinski definition) is 0. The monoisotopic (exact) mass is 317 g/mol. The van der Waals surface area contributed by atoms with Crippen LogP contribution in [0.25, 0.3) is 0 Å². The second-order valence-corrected chi connectivity index (χ2v) is 5.51. The summed E-state index contributed by atoms with van der Waals surface area (Å²) in [6.07, 6.45) is 6.26. The van der Waals surface area contributed by atoms with Gasteiger partial charge in [-0.25, -0.2) is 9.97 Å². The van der Waals surface area contributed by atoms with Gasteiger partial charge in [0.1, 0.15) is 0 Å². The van der Waals surface area contributed by atoms with Gasteiger partial charge in [0.05, 0.1) is 0 Å². The lowest BCUT2D eigenvalue weighted by atomic mass is 9.75. The molecule has 3 nitrogen and oxygen atoms in total. The van der Waals surface area contributed by atoms with Crippen molar-refractivity contribution < 1.29 is 0 Å². The highest BCUT2D eigenvalue weighted by Gasteiger charge is 2.40. The van der Waals surface area contributed by atoms with E-state index in [0.29, 0.717) is 5.41 Å². The third-order valence-corrected chi connectivity index (χ3v) is 4.00. The third-order valence-electron chi connectivity index (χ3n) is 3.44. The van der Waals surface area contributed by atoms with Crippen molar-refractivity contribution in [2.75, 3.05) is 18.0 Å². The molecule has 82 valence electrons. The van der Waals surface area contributed by atoms with E-state index in [2.05, 4.69) is 51.3 Å². The van der Waals surface area contributed by atoms with Crippen LogP contribution in [0.2, 0.25) is 0 Å². The molecule has 1 aromatic heterocycles. The summed E-state index contributed by atoms with van der Waals surface area (Å²) in [5.41, 5.74) is 0.520. The quantitative estimate of drug-likeness (QED) is 0.803. The van der Waals surface area contributed by atoms with E-state index in [1.807, 2.05) is 12.4 Å². The molecule has 2 rings (SSSR count). The van der Waals surface area contributed by atoms with Gasteiger partial charge < -0.3 is 4.90 Å². The zero-order chi connectivity index (χ0) is 10.9. The number of rotatable bonds is 3. The second-order valence-electron chi connectivity index (χ2n) is 4.26. The van der Waals surface area contributed by atoms with Gasteiger partial charge in [-0.2, -0.15) is 0 Å². The Balaban J connectivity index is 2.02. The van der Waals surface area contributed by atoms with Gasteiger partial charge in [-0.1, -0.05) is 13.8 Å². The van der Waals surface area contributed by atoms with Crippen LogP contribution in [0.5, 0.6) is 0 Å². The summed E-state index contributed by atoms with van der Waals surface area (Å²) in [6.45, 7) is 6.77. The van der Waals surface area contributed by atoms with Crippen molar-refractivity contribution in [3.63, 3.8) is 0 Å². The maximum atomic E-state index is 4.34.